The molecule has 0 bridgehead atoms. The third-order valence-corrected chi connectivity index (χ3v) is 7.15. The Labute approximate surface area is 204 Å². The van der Waals surface area contributed by atoms with Crippen LogP contribution in [-0.2, 0) is 6.42 Å². The number of aliphatic hydroxyl groups excluding tert-OH is 1. The molecule has 0 aromatic carbocycles. The summed E-state index contributed by atoms with van der Waals surface area (Å²) in [6.45, 7) is 4.28. The van der Waals surface area contributed by atoms with Crippen molar-refractivity contribution in [2.24, 2.45) is 5.92 Å². The van der Waals surface area contributed by atoms with Gasteiger partial charge in [0.25, 0.3) is 5.91 Å². The molecule has 0 unspecified atom stereocenters. The number of rotatable bonds is 6. The normalized spacial score (nSPS) is 20.8. The lowest BCUT2D eigenvalue weighted by Crippen LogP contribution is -2.49. The monoisotopic (exact) mass is 500 g/mol. The number of nitrogens with one attached hydrogen (secondary N) is 2. The fraction of sp³-hybridized carbons (Fsp3) is 0.455. The van der Waals surface area contributed by atoms with Crippen LogP contribution in [0.3, 0.4) is 0 Å². The van der Waals surface area contributed by atoms with Gasteiger partial charge in [-0.1, -0.05) is 36.8 Å². The summed E-state index contributed by atoms with van der Waals surface area (Å²) in [4.78, 5) is 30.3. The number of carbonyl (C=O) groups is 1. The van der Waals surface area contributed by atoms with Crippen LogP contribution >= 0.6 is 22.9 Å². The fourth-order valence-corrected chi connectivity index (χ4v) is 5.39. The average molecular weight is 501 g/mol. The van der Waals surface area contributed by atoms with Gasteiger partial charge in [-0.2, -0.15) is 5.10 Å². The minimum Gasteiger partial charge on any atom is -0.389 e. The molecule has 4 aromatic heterocycles. The molecule has 0 spiro atoms. The van der Waals surface area contributed by atoms with Crippen LogP contribution in [0.25, 0.3) is 22.6 Å². The first-order chi connectivity index (χ1) is 16.4. The Kier molecular flexibility index (Phi) is 6.32. The van der Waals surface area contributed by atoms with Crippen molar-refractivity contribution in [3.05, 3.63) is 40.0 Å². The molecule has 0 radical (unpaired) electrons. The van der Waals surface area contributed by atoms with E-state index in [1.807, 2.05) is 6.07 Å². The second-order valence-electron chi connectivity index (χ2n) is 8.93. The summed E-state index contributed by atoms with van der Waals surface area (Å²) in [6, 6.07) is 1.27. The summed E-state index contributed by atoms with van der Waals surface area (Å²) in [7, 11) is 0. The second-order valence-corrected chi connectivity index (χ2v) is 10.6. The Hall–Kier alpha value is -2.89. The Morgan fingerprint density at radius 2 is 2.18 bits per heavy atom. The number of amides is 1. The molecule has 3 N–H and O–H groups in total. The number of imidazole rings is 1. The summed E-state index contributed by atoms with van der Waals surface area (Å²) < 4.78 is 2.58. The Morgan fingerprint density at radius 3 is 2.88 bits per heavy atom. The van der Waals surface area contributed by atoms with E-state index in [0.29, 0.717) is 28.2 Å². The average Bonchev–Trinajstić information content (AvgIpc) is 3.54. The molecule has 10 nitrogen and oxygen atoms in total. The lowest BCUT2D eigenvalue weighted by Gasteiger charge is -2.37. The zero-order chi connectivity index (χ0) is 23.8. The zero-order valence-electron chi connectivity index (χ0n) is 18.8. The molecular formula is C22H25ClN8O2S. The van der Waals surface area contributed by atoms with Crippen LogP contribution in [0, 0.1) is 5.92 Å². The highest BCUT2D eigenvalue weighted by Crippen LogP contribution is 2.35. The van der Waals surface area contributed by atoms with Crippen LogP contribution < -0.4 is 5.32 Å². The topological polar surface area (TPSA) is 134 Å². The molecule has 0 saturated heterocycles. The number of aromatic amines is 1. The molecule has 5 rings (SSSR count). The minimum atomic E-state index is -0.793. The summed E-state index contributed by atoms with van der Waals surface area (Å²) >= 11 is 7.05. The molecule has 12 heteroatoms. The van der Waals surface area contributed by atoms with Gasteiger partial charge in [0.05, 0.1) is 36.1 Å². The van der Waals surface area contributed by atoms with E-state index in [2.05, 4.69) is 48.9 Å². The van der Waals surface area contributed by atoms with E-state index in [9.17, 15) is 9.90 Å². The molecule has 1 aliphatic carbocycles. The standard InChI is InChI=1S/C22H25ClN8O2S/c1-11(2)6-18-28-14-8-24-13(20-26-10-27-30-20)7-16(14)31(18)15-5-3-4-12(19(15)32)29-21(33)22-25-9-17(23)34-22/h7-12,15,19,32H,3-6H2,1-2H3,(H,29,33)(H,26,27,30)/t12-,15+,19+/m0/s1. The molecule has 4 heterocycles. The van der Waals surface area contributed by atoms with Crippen LogP contribution in [0.4, 0.5) is 0 Å². The number of H-pyrrole nitrogens is 1. The van der Waals surface area contributed by atoms with Gasteiger partial charge in [0.15, 0.2) is 10.8 Å². The molecule has 0 aliphatic heterocycles. The summed E-state index contributed by atoms with van der Waals surface area (Å²) in [5.74, 6) is 1.51. The van der Waals surface area contributed by atoms with E-state index in [0.717, 1.165) is 47.5 Å². The minimum absolute atomic E-state index is 0.248. The lowest BCUT2D eigenvalue weighted by atomic mass is 9.87. The number of pyridine rings is 1. The van der Waals surface area contributed by atoms with Crippen LogP contribution in [0.1, 0.15) is 54.8 Å². The maximum absolute atomic E-state index is 12.7. The number of aromatic nitrogens is 7. The number of halogens is 1. The van der Waals surface area contributed by atoms with Crippen LogP contribution in [0.2, 0.25) is 4.34 Å². The molecule has 1 amide bonds. The van der Waals surface area contributed by atoms with Crippen molar-refractivity contribution in [1.82, 2.24) is 40.0 Å². The van der Waals surface area contributed by atoms with Gasteiger partial charge in [-0.3, -0.25) is 14.9 Å². The molecule has 4 aromatic rings. The van der Waals surface area contributed by atoms with E-state index in [1.165, 1.54) is 12.5 Å². The number of thiazole rings is 1. The Bertz CT molecular complexity index is 1300. The number of hydrogen-bond acceptors (Lipinski definition) is 8. The molecule has 1 saturated carbocycles. The summed E-state index contributed by atoms with van der Waals surface area (Å²) in [6.07, 6.45) is 6.89. The Morgan fingerprint density at radius 1 is 1.32 bits per heavy atom. The first-order valence-corrected chi connectivity index (χ1v) is 12.4. The van der Waals surface area contributed by atoms with Gasteiger partial charge in [0.2, 0.25) is 0 Å². The van der Waals surface area contributed by atoms with Gasteiger partial charge in [-0.15, -0.1) is 0 Å². The molecule has 1 aliphatic rings. The van der Waals surface area contributed by atoms with Gasteiger partial charge >= 0.3 is 0 Å². The van der Waals surface area contributed by atoms with Crippen molar-refractivity contribution < 1.29 is 9.90 Å². The zero-order valence-corrected chi connectivity index (χ0v) is 20.3. The van der Waals surface area contributed by atoms with Gasteiger partial charge in [0, 0.05) is 6.42 Å². The Balaban J connectivity index is 1.50. The van der Waals surface area contributed by atoms with E-state index >= 15 is 0 Å². The van der Waals surface area contributed by atoms with E-state index in [1.54, 1.807) is 6.20 Å². The van der Waals surface area contributed by atoms with E-state index in [-0.39, 0.29) is 17.0 Å². The number of fused-ring (bicyclic) bond motifs is 1. The van der Waals surface area contributed by atoms with Gasteiger partial charge < -0.3 is 15.0 Å². The summed E-state index contributed by atoms with van der Waals surface area (Å²) in [5, 5.41) is 21.4. The number of aliphatic hydroxyl groups is 1. The predicted octanol–water partition coefficient (Wildman–Crippen LogP) is 3.41. The number of hydrogen-bond donors (Lipinski definition) is 3. The third kappa shape index (κ3) is 4.42. The van der Waals surface area contributed by atoms with Crippen LogP contribution in [0.5, 0.6) is 0 Å². The first-order valence-electron chi connectivity index (χ1n) is 11.2. The second kappa shape index (κ2) is 9.40. The number of nitrogens with zero attached hydrogens (tertiary/aromatic N) is 6. The first kappa shape index (κ1) is 22.9. The van der Waals surface area contributed by atoms with E-state index in [4.69, 9.17) is 16.6 Å². The molecular weight excluding hydrogens is 476 g/mol. The molecule has 178 valence electrons. The van der Waals surface area contributed by atoms with Crippen molar-refractivity contribution in [3.8, 4) is 11.5 Å². The van der Waals surface area contributed by atoms with Gasteiger partial charge in [0.1, 0.15) is 27.7 Å². The van der Waals surface area contributed by atoms with Crippen molar-refractivity contribution in [3.63, 3.8) is 0 Å². The third-order valence-electron chi connectivity index (χ3n) is 6.04. The van der Waals surface area contributed by atoms with Crippen LogP contribution in [0.15, 0.2) is 24.8 Å². The maximum Gasteiger partial charge on any atom is 0.280 e. The quantitative estimate of drug-likeness (QED) is 0.369. The van der Waals surface area contributed by atoms with E-state index < -0.39 is 12.1 Å². The SMILES string of the molecule is CC(C)Cc1nc2cnc(-c3ncn[nH]3)cc2n1[C@@H]1CCC[C@H](NC(=O)c2ncc(Cl)s2)[C@H]1O. The fourth-order valence-electron chi connectivity index (χ4n) is 4.57. The lowest BCUT2D eigenvalue weighted by molar-refractivity contribution is 0.0402. The molecule has 1 fully saturated rings. The predicted molar refractivity (Wildman–Crippen MR) is 129 cm³/mol. The maximum atomic E-state index is 12.7. The van der Waals surface area contributed by atoms with Crippen molar-refractivity contribution >= 4 is 39.9 Å². The highest BCUT2D eigenvalue weighted by atomic mass is 35.5. The summed E-state index contributed by atoms with van der Waals surface area (Å²) in [5.41, 5.74) is 2.28. The highest BCUT2D eigenvalue weighted by Gasteiger charge is 2.36. The highest BCUT2D eigenvalue weighted by molar-refractivity contribution is 7.17. The van der Waals surface area contributed by atoms with Gasteiger partial charge in [-0.05, 0) is 31.2 Å². The van der Waals surface area contributed by atoms with Crippen molar-refractivity contribution in [2.45, 2.75) is 57.7 Å². The number of carbonyl (C=O) groups excluding carboxylic acids is 1. The largest absolute Gasteiger partial charge is 0.389 e. The molecule has 34 heavy (non-hydrogen) atoms. The molecule has 3 atom stereocenters. The van der Waals surface area contributed by atoms with Gasteiger partial charge in [-0.25, -0.2) is 15.0 Å². The smallest absolute Gasteiger partial charge is 0.280 e. The van der Waals surface area contributed by atoms with Crippen molar-refractivity contribution in [1.29, 1.82) is 0 Å². The van der Waals surface area contributed by atoms with Crippen LogP contribution in [-0.4, -0.2) is 57.9 Å². The van der Waals surface area contributed by atoms with Crippen molar-refractivity contribution in [2.75, 3.05) is 0 Å².